The van der Waals surface area contributed by atoms with Crippen molar-refractivity contribution in [2.75, 3.05) is 37.2 Å². The molecule has 2 aliphatic rings. The van der Waals surface area contributed by atoms with Crippen LogP contribution in [-0.4, -0.2) is 52.8 Å². The van der Waals surface area contributed by atoms with E-state index in [0.717, 1.165) is 29.5 Å². The molecule has 0 unspecified atom stereocenters. The molecule has 0 bridgehead atoms. The molecule has 1 atom stereocenters. The topological polar surface area (TPSA) is 64.8 Å². The van der Waals surface area contributed by atoms with Gasteiger partial charge in [0.05, 0.1) is 24.4 Å². The Morgan fingerprint density at radius 3 is 2.67 bits per heavy atom. The van der Waals surface area contributed by atoms with E-state index >= 15 is 0 Å². The predicted octanol–water partition coefficient (Wildman–Crippen LogP) is 3.24. The molecular formula is C25H26N8. The molecule has 0 saturated carbocycles. The third kappa shape index (κ3) is 3.48. The van der Waals surface area contributed by atoms with E-state index in [9.17, 15) is 0 Å². The molecule has 2 aromatic heterocycles. The highest BCUT2D eigenvalue weighted by molar-refractivity contribution is 5.98. The van der Waals surface area contributed by atoms with Crippen molar-refractivity contribution in [2.45, 2.75) is 12.7 Å². The Balaban J connectivity index is 1.40. The summed E-state index contributed by atoms with van der Waals surface area (Å²) in [5.74, 6) is 1.77. The van der Waals surface area contributed by atoms with Crippen molar-refractivity contribution in [3.8, 4) is 0 Å². The molecule has 0 spiro atoms. The number of benzene rings is 2. The van der Waals surface area contributed by atoms with E-state index < -0.39 is 0 Å². The molecule has 4 heterocycles. The van der Waals surface area contributed by atoms with Gasteiger partial charge in [0.1, 0.15) is 6.17 Å². The average molecular weight is 439 g/mol. The summed E-state index contributed by atoms with van der Waals surface area (Å²) in [6, 6.07) is 21.0. The zero-order valence-electron chi connectivity index (χ0n) is 18.8. The summed E-state index contributed by atoms with van der Waals surface area (Å²) in [7, 11) is 4.11. The number of imidazole rings is 1. The minimum absolute atomic E-state index is 0.0801. The van der Waals surface area contributed by atoms with E-state index in [1.165, 1.54) is 16.8 Å². The van der Waals surface area contributed by atoms with Crippen molar-refractivity contribution in [3.63, 3.8) is 0 Å². The molecule has 0 saturated heterocycles. The zero-order chi connectivity index (χ0) is 22.4. The highest BCUT2D eigenvalue weighted by Gasteiger charge is 2.35. The van der Waals surface area contributed by atoms with Gasteiger partial charge in [0.2, 0.25) is 11.9 Å². The summed E-state index contributed by atoms with van der Waals surface area (Å²) in [6.45, 7) is 2.12. The first kappa shape index (κ1) is 19.8. The summed E-state index contributed by atoms with van der Waals surface area (Å²) >= 11 is 0. The van der Waals surface area contributed by atoms with Crippen LogP contribution in [-0.2, 0) is 6.54 Å². The van der Waals surface area contributed by atoms with Gasteiger partial charge in [-0.15, -0.1) is 0 Å². The first-order chi connectivity index (χ1) is 16.2. The van der Waals surface area contributed by atoms with Crippen LogP contribution in [0.3, 0.4) is 0 Å². The Labute approximate surface area is 192 Å². The lowest BCUT2D eigenvalue weighted by Crippen LogP contribution is -2.57. The van der Waals surface area contributed by atoms with Crippen LogP contribution in [0.5, 0.6) is 0 Å². The molecule has 2 aliphatic heterocycles. The van der Waals surface area contributed by atoms with Gasteiger partial charge >= 0.3 is 0 Å². The summed E-state index contributed by atoms with van der Waals surface area (Å²) in [5.41, 5.74) is 5.60. The highest BCUT2D eigenvalue weighted by atomic mass is 15.5. The second kappa shape index (κ2) is 7.90. The lowest BCUT2D eigenvalue weighted by Gasteiger charge is -2.41. The molecule has 8 nitrogen and oxygen atoms in total. The number of hydrogen-bond acceptors (Lipinski definition) is 7. The van der Waals surface area contributed by atoms with Crippen LogP contribution in [0.25, 0.3) is 11.0 Å². The minimum Gasteiger partial charge on any atom is -0.378 e. The summed E-state index contributed by atoms with van der Waals surface area (Å²) in [6.07, 6.45) is 3.64. The molecule has 4 aromatic rings. The quantitative estimate of drug-likeness (QED) is 0.528. The number of nitrogens with zero attached hydrogens (tertiary/aromatic N) is 7. The largest absolute Gasteiger partial charge is 0.378 e. The van der Waals surface area contributed by atoms with E-state index in [4.69, 9.17) is 9.98 Å². The van der Waals surface area contributed by atoms with Crippen molar-refractivity contribution in [3.05, 3.63) is 84.2 Å². The number of hydrogen-bond donors (Lipinski definition) is 1. The fourth-order valence-corrected chi connectivity index (χ4v) is 4.55. The van der Waals surface area contributed by atoms with Crippen molar-refractivity contribution < 1.29 is 0 Å². The molecule has 0 radical (unpaired) electrons. The third-order valence-electron chi connectivity index (χ3n) is 6.21. The van der Waals surface area contributed by atoms with Gasteiger partial charge in [0.25, 0.3) is 0 Å². The molecule has 166 valence electrons. The van der Waals surface area contributed by atoms with Crippen LogP contribution in [0.4, 0.5) is 11.6 Å². The standard InChI is InChI=1S/C25H26N8/c1-30(2)20-11-9-19(10-12-20)23-29-24-27-16-31(15-18-6-5-13-26-14-18)17-32(24)25-28-21-7-3-4-8-22(21)33(23)25/h3-14,23H,15-17H2,1-2H3,(H,27,29)/t23-/m0/s1. The number of para-hydroxylation sites is 2. The van der Waals surface area contributed by atoms with Crippen molar-refractivity contribution >= 4 is 28.6 Å². The van der Waals surface area contributed by atoms with Gasteiger partial charge in [-0.25, -0.2) is 9.98 Å². The van der Waals surface area contributed by atoms with Crippen LogP contribution in [0, 0.1) is 0 Å². The van der Waals surface area contributed by atoms with E-state index in [0.29, 0.717) is 13.3 Å². The number of rotatable bonds is 4. The van der Waals surface area contributed by atoms with E-state index in [-0.39, 0.29) is 6.17 Å². The van der Waals surface area contributed by atoms with Crippen molar-refractivity contribution in [1.29, 1.82) is 0 Å². The van der Waals surface area contributed by atoms with E-state index in [1.54, 1.807) is 6.20 Å². The highest BCUT2D eigenvalue weighted by Crippen LogP contribution is 2.34. The van der Waals surface area contributed by atoms with Crippen LogP contribution < -0.4 is 15.1 Å². The molecule has 2 aromatic carbocycles. The van der Waals surface area contributed by atoms with Gasteiger partial charge in [-0.2, -0.15) is 0 Å². The number of anilines is 2. The van der Waals surface area contributed by atoms with Crippen LogP contribution >= 0.6 is 0 Å². The maximum absolute atomic E-state index is 5.02. The number of guanidine groups is 1. The summed E-state index contributed by atoms with van der Waals surface area (Å²) < 4.78 is 2.28. The lowest BCUT2D eigenvalue weighted by molar-refractivity contribution is 0.263. The fourth-order valence-electron chi connectivity index (χ4n) is 4.55. The molecule has 8 heteroatoms. The number of aliphatic imine (C=N–C) groups is 1. The van der Waals surface area contributed by atoms with E-state index in [1.807, 2.05) is 18.3 Å². The van der Waals surface area contributed by atoms with Gasteiger partial charge in [0.15, 0.2) is 0 Å². The van der Waals surface area contributed by atoms with Gasteiger partial charge in [-0.05, 0) is 41.5 Å². The fraction of sp³-hybridized carbons (Fsp3) is 0.240. The predicted molar refractivity (Wildman–Crippen MR) is 131 cm³/mol. The molecule has 0 fully saturated rings. The molecule has 33 heavy (non-hydrogen) atoms. The number of nitrogens with one attached hydrogen (secondary N) is 1. The van der Waals surface area contributed by atoms with Gasteiger partial charge < -0.3 is 10.2 Å². The molecule has 1 N–H and O–H groups in total. The van der Waals surface area contributed by atoms with Gasteiger partial charge in [-0.1, -0.05) is 30.3 Å². The van der Waals surface area contributed by atoms with Gasteiger partial charge in [0, 0.05) is 38.7 Å². The Morgan fingerprint density at radius 2 is 1.88 bits per heavy atom. The third-order valence-corrected chi connectivity index (χ3v) is 6.21. The SMILES string of the molecule is CN(C)c1ccc([C@H]2NC3=NCN(Cc4cccnc4)CN3c3nc4ccccc4n32)cc1. The Morgan fingerprint density at radius 1 is 1.03 bits per heavy atom. The first-order valence-electron chi connectivity index (χ1n) is 11.1. The zero-order valence-corrected chi connectivity index (χ0v) is 18.8. The molecule has 0 aliphatic carbocycles. The summed E-state index contributed by atoms with van der Waals surface area (Å²) in [4.78, 5) is 20.7. The van der Waals surface area contributed by atoms with Gasteiger partial charge in [-0.3, -0.25) is 19.4 Å². The Kier molecular flexibility index (Phi) is 4.73. The minimum atomic E-state index is -0.0801. The molecule has 6 rings (SSSR count). The Bertz CT molecular complexity index is 1310. The van der Waals surface area contributed by atoms with Crippen LogP contribution in [0.1, 0.15) is 17.3 Å². The second-order valence-corrected chi connectivity index (χ2v) is 8.69. The van der Waals surface area contributed by atoms with E-state index in [2.05, 4.69) is 92.2 Å². The smallest absolute Gasteiger partial charge is 0.216 e. The average Bonchev–Trinajstić information content (AvgIpc) is 3.24. The van der Waals surface area contributed by atoms with Crippen LogP contribution in [0.2, 0.25) is 0 Å². The molecular weight excluding hydrogens is 412 g/mol. The lowest BCUT2D eigenvalue weighted by atomic mass is 10.1. The van der Waals surface area contributed by atoms with Crippen LogP contribution in [0.15, 0.2) is 78.0 Å². The van der Waals surface area contributed by atoms with Crippen molar-refractivity contribution in [1.82, 2.24) is 24.8 Å². The summed E-state index contributed by atoms with van der Waals surface area (Å²) in [5, 5.41) is 3.69. The normalized spacial score (nSPS) is 17.8. The molecule has 0 amide bonds. The monoisotopic (exact) mass is 438 g/mol. The Hall–Kier alpha value is -3.91. The number of pyridine rings is 1. The number of aromatic nitrogens is 3. The first-order valence-corrected chi connectivity index (χ1v) is 11.1. The second-order valence-electron chi connectivity index (χ2n) is 8.69. The maximum atomic E-state index is 5.02. The number of fused-ring (bicyclic) bond motifs is 5. The van der Waals surface area contributed by atoms with Crippen molar-refractivity contribution in [2.24, 2.45) is 4.99 Å². The maximum Gasteiger partial charge on any atom is 0.216 e.